The van der Waals surface area contributed by atoms with Crippen molar-refractivity contribution in [2.24, 2.45) is 0 Å². The quantitative estimate of drug-likeness (QED) is 0.538. The van der Waals surface area contributed by atoms with Crippen LogP contribution < -0.4 is 0 Å². The van der Waals surface area contributed by atoms with Crippen LogP contribution in [0, 0.1) is 0 Å². The molecule has 8 heavy (non-hydrogen) atoms. The summed E-state index contributed by atoms with van der Waals surface area (Å²) in [7, 11) is 16.7. The monoisotopic (exact) mass is 278 g/mol. The summed E-state index contributed by atoms with van der Waals surface area (Å²) in [5, 5.41) is 0. The van der Waals surface area contributed by atoms with Crippen molar-refractivity contribution in [1.29, 1.82) is 0 Å². The van der Waals surface area contributed by atoms with Crippen LogP contribution in [0.1, 0.15) is 0 Å². The fraction of sp³-hybridized carbons (Fsp3) is 0. The van der Waals surface area contributed by atoms with Crippen LogP contribution in [0.2, 0.25) is 0 Å². The Kier molecular flexibility index (Phi) is 3.83. The molecule has 0 amide bonds. The molecule has 4 heteroatoms. The van der Waals surface area contributed by atoms with E-state index < -0.39 is 15.0 Å². The van der Waals surface area contributed by atoms with Crippen LogP contribution in [-0.4, -0.2) is 15.0 Å². The van der Waals surface area contributed by atoms with Gasteiger partial charge in [0.2, 0.25) is 0 Å². The van der Waals surface area contributed by atoms with Crippen LogP contribution in [0.15, 0.2) is 22.8 Å². The van der Waals surface area contributed by atoms with E-state index >= 15 is 0 Å². The van der Waals surface area contributed by atoms with E-state index in [1.54, 1.807) is 0 Å². The van der Waals surface area contributed by atoms with Gasteiger partial charge in [-0.05, 0) is 0 Å². The van der Waals surface area contributed by atoms with Gasteiger partial charge < -0.3 is 0 Å². The summed E-state index contributed by atoms with van der Waals surface area (Å²) in [5.41, 5.74) is 0. The molecule has 0 spiro atoms. The molecule has 0 saturated heterocycles. The normalized spacial score (nSPS) is 10.9. The average Bonchev–Trinajstić information content (AvgIpc) is 1.62. The average molecular weight is 278 g/mol. The molecule has 0 N–H and O–H groups in total. The van der Waals surface area contributed by atoms with E-state index in [2.05, 4.69) is 13.2 Å². The summed E-state index contributed by atoms with van der Waals surface area (Å²) in [4.78, 5) is 0. The van der Waals surface area contributed by atoms with Gasteiger partial charge in [0.1, 0.15) is 0 Å². The van der Waals surface area contributed by atoms with Gasteiger partial charge in [0.15, 0.2) is 0 Å². The van der Waals surface area contributed by atoms with Crippen LogP contribution >= 0.6 is 26.8 Å². The van der Waals surface area contributed by atoms with Crippen molar-refractivity contribution >= 4 is 41.8 Å². The zero-order chi connectivity index (χ0) is 6.78. The second-order valence-electron chi connectivity index (χ2n) is 1.23. The van der Waals surface area contributed by atoms with Crippen LogP contribution in [-0.2, 0) is 0 Å². The summed E-state index contributed by atoms with van der Waals surface area (Å²) in [6, 6.07) is 0. The Balaban J connectivity index is 4.02. The van der Waals surface area contributed by atoms with Crippen molar-refractivity contribution < 1.29 is 0 Å². The maximum absolute atomic E-state index is 5.55. The van der Waals surface area contributed by atoms with E-state index in [4.69, 9.17) is 26.8 Å². The molecule has 0 aliphatic rings. The van der Waals surface area contributed by atoms with Gasteiger partial charge in [-0.1, -0.05) is 0 Å². The Morgan fingerprint density at radius 1 is 1.38 bits per heavy atom. The fourth-order valence-corrected chi connectivity index (χ4v) is 2.33. The zero-order valence-corrected chi connectivity index (χ0v) is 9.25. The van der Waals surface area contributed by atoms with Crippen molar-refractivity contribution in [3.8, 4) is 0 Å². The van der Waals surface area contributed by atoms with Gasteiger partial charge in [0.25, 0.3) is 0 Å². The van der Waals surface area contributed by atoms with E-state index in [0.29, 0.717) is 3.59 Å². The van der Waals surface area contributed by atoms with Crippen LogP contribution in [0.4, 0.5) is 0 Å². The molecule has 0 nitrogen and oxygen atoms in total. The number of hydrogen-bond acceptors (Lipinski definition) is 0. The molecule has 0 aromatic heterocycles. The Labute approximate surface area is 64.1 Å². The van der Waals surface area contributed by atoms with E-state index in [1.807, 2.05) is 0 Å². The first-order chi connectivity index (χ1) is 3.48. The van der Waals surface area contributed by atoms with Gasteiger partial charge >= 0.3 is 64.6 Å². The molecule has 0 aliphatic heterocycles. The number of rotatable bonds is 2. The molecule has 0 aromatic rings. The zero-order valence-electron chi connectivity index (χ0n) is 4.13. The van der Waals surface area contributed by atoms with Gasteiger partial charge in [-0.3, -0.25) is 0 Å². The molecule has 0 heterocycles. The standard InChI is InChI=1S/C4H5.3ClH.Sn/c1-3-4-2;;;;/h3H,1-2H2;3*1H;/q;;;;+3/p-3. The van der Waals surface area contributed by atoms with Gasteiger partial charge in [0, 0.05) is 0 Å². The molecular weight excluding hydrogens is 273 g/mol. The predicted octanol–water partition coefficient (Wildman–Crippen LogP) is 2.92. The van der Waals surface area contributed by atoms with E-state index in [-0.39, 0.29) is 0 Å². The first-order valence-electron chi connectivity index (χ1n) is 1.87. The first-order valence-corrected chi connectivity index (χ1v) is 14.1. The van der Waals surface area contributed by atoms with Crippen molar-refractivity contribution in [1.82, 2.24) is 0 Å². The molecule has 0 aliphatic carbocycles. The second kappa shape index (κ2) is 3.35. The fourth-order valence-electron chi connectivity index (χ4n) is 0.116. The second-order valence-corrected chi connectivity index (χ2v) is 21.2. The van der Waals surface area contributed by atoms with Crippen molar-refractivity contribution in [2.45, 2.75) is 0 Å². The number of hydrogen-bond donors (Lipinski definition) is 0. The first kappa shape index (κ1) is 9.15. The predicted molar refractivity (Wildman–Crippen MR) is 42.7 cm³/mol. The molecule has 0 unspecified atom stereocenters. The third-order valence-electron chi connectivity index (χ3n) is 0.611. The van der Waals surface area contributed by atoms with Gasteiger partial charge in [-0.2, -0.15) is 0 Å². The van der Waals surface area contributed by atoms with Crippen molar-refractivity contribution in [3.63, 3.8) is 0 Å². The molecule has 46 valence electrons. The topological polar surface area (TPSA) is 0 Å². The molecule has 0 fully saturated rings. The molecule has 0 radical (unpaired) electrons. The Hall–Kier alpha value is 1.15. The molecular formula is C4H5Cl3Sn. The Morgan fingerprint density at radius 3 is 1.75 bits per heavy atom. The molecule has 0 saturated carbocycles. The van der Waals surface area contributed by atoms with Crippen LogP contribution in [0.25, 0.3) is 0 Å². The van der Waals surface area contributed by atoms with Crippen molar-refractivity contribution in [2.75, 3.05) is 0 Å². The Morgan fingerprint density at radius 2 is 1.75 bits per heavy atom. The third kappa shape index (κ3) is 3.23. The SMILES string of the molecule is C=C[C](=C)[Sn]([Cl])([Cl])[Cl]. The summed E-state index contributed by atoms with van der Waals surface area (Å²) < 4.78 is 0.601. The summed E-state index contributed by atoms with van der Waals surface area (Å²) in [5.74, 6) is 0. The summed E-state index contributed by atoms with van der Waals surface area (Å²) >= 11 is -3.31. The molecule has 0 aromatic carbocycles. The van der Waals surface area contributed by atoms with E-state index in [9.17, 15) is 0 Å². The Bertz CT molecular complexity index is 113. The molecule has 0 atom stereocenters. The van der Waals surface area contributed by atoms with Gasteiger partial charge in [0.05, 0.1) is 0 Å². The number of halogens is 3. The van der Waals surface area contributed by atoms with E-state index in [0.717, 1.165) is 0 Å². The van der Waals surface area contributed by atoms with Crippen molar-refractivity contribution in [3.05, 3.63) is 22.8 Å². The molecule has 0 rings (SSSR count). The molecule has 0 bridgehead atoms. The van der Waals surface area contributed by atoms with E-state index in [1.165, 1.54) is 6.08 Å². The summed E-state index contributed by atoms with van der Waals surface area (Å²) in [6.07, 6.45) is 1.50. The third-order valence-corrected chi connectivity index (χ3v) is 8.16. The maximum atomic E-state index is 5.55. The summed E-state index contributed by atoms with van der Waals surface area (Å²) in [6.45, 7) is 6.95. The van der Waals surface area contributed by atoms with Crippen LogP contribution in [0.3, 0.4) is 0 Å². The van der Waals surface area contributed by atoms with Gasteiger partial charge in [-0.25, -0.2) is 0 Å². The van der Waals surface area contributed by atoms with Crippen LogP contribution in [0.5, 0.6) is 0 Å². The minimum atomic E-state index is -3.31. The van der Waals surface area contributed by atoms with Gasteiger partial charge in [-0.15, -0.1) is 0 Å². The number of allylic oxidation sites excluding steroid dienone is 2. The minimum absolute atomic E-state index is 0.601.